The van der Waals surface area contributed by atoms with Gasteiger partial charge < -0.3 is 5.11 Å². The Morgan fingerprint density at radius 3 is 2.27 bits per heavy atom. The van der Waals surface area contributed by atoms with Crippen molar-refractivity contribution in [1.82, 2.24) is 0 Å². The molecule has 0 aromatic rings. The molecule has 64 valence electrons. The smallest absolute Gasteiger partial charge is 0.0540 e. The van der Waals surface area contributed by atoms with E-state index in [1.54, 1.807) is 0 Å². The molecule has 0 amide bonds. The molecule has 0 atom stereocenters. The van der Waals surface area contributed by atoms with Crippen LogP contribution in [-0.2, 0) is 0 Å². The van der Waals surface area contributed by atoms with E-state index in [0.717, 1.165) is 25.7 Å². The van der Waals surface area contributed by atoms with Crippen LogP contribution in [-0.4, -0.2) is 17.3 Å². The van der Waals surface area contributed by atoms with Crippen LogP contribution in [0.3, 0.4) is 0 Å². The van der Waals surface area contributed by atoms with Crippen molar-refractivity contribution in [3.8, 4) is 0 Å². The van der Waals surface area contributed by atoms with E-state index in [1.807, 2.05) is 0 Å². The Morgan fingerprint density at radius 1 is 1.27 bits per heavy atom. The van der Waals surface area contributed by atoms with Crippen molar-refractivity contribution >= 4 is 0 Å². The molecule has 0 saturated heterocycles. The Bertz CT molecular complexity index is 146. The number of aliphatic hydroxyl groups is 1. The lowest BCUT2D eigenvalue weighted by atomic mass is 9.94. The maximum Gasteiger partial charge on any atom is 0.0540 e. The minimum absolute atomic E-state index is 0. The van der Waals surface area contributed by atoms with Gasteiger partial charge in [0, 0.05) is 11.0 Å². The lowest BCUT2D eigenvalue weighted by Gasteiger charge is -2.20. The molecular formula is C7H15N3O. The molecule has 1 aliphatic rings. The van der Waals surface area contributed by atoms with Crippen molar-refractivity contribution in [3.05, 3.63) is 10.4 Å². The number of hydrogen-bond donors (Lipinski definition) is 1. The third-order valence-electron chi connectivity index (χ3n) is 1.88. The first kappa shape index (κ1) is 10.3. The molecule has 0 heterocycles. The van der Waals surface area contributed by atoms with E-state index < -0.39 is 0 Å². The summed E-state index contributed by atoms with van der Waals surface area (Å²) in [5.41, 5.74) is 8.08. The molecule has 11 heavy (non-hydrogen) atoms. The monoisotopic (exact) mass is 157 g/mol. The highest BCUT2D eigenvalue weighted by molar-refractivity contribution is 4.76. The van der Waals surface area contributed by atoms with Gasteiger partial charge in [-0.15, -0.1) is 0 Å². The quantitative estimate of drug-likeness (QED) is 0.354. The van der Waals surface area contributed by atoms with E-state index in [4.69, 9.17) is 10.6 Å². The highest BCUT2D eigenvalue weighted by Crippen LogP contribution is 2.20. The largest absolute Gasteiger partial charge is 0.393 e. The van der Waals surface area contributed by atoms with Crippen LogP contribution in [0.4, 0.5) is 0 Å². The number of azide groups is 1. The predicted octanol–water partition coefficient (Wildman–Crippen LogP) is 2.24. The summed E-state index contributed by atoms with van der Waals surface area (Å²) in [5.74, 6) is 0. The number of aliphatic hydroxyl groups excluding tert-OH is 1. The van der Waals surface area contributed by atoms with Gasteiger partial charge in [-0.25, -0.2) is 0 Å². The summed E-state index contributed by atoms with van der Waals surface area (Å²) in [7, 11) is 0. The molecule has 0 aromatic carbocycles. The molecular weight excluding hydrogens is 142 g/mol. The topological polar surface area (TPSA) is 69.0 Å². The highest BCUT2D eigenvalue weighted by atomic mass is 16.3. The van der Waals surface area contributed by atoms with Crippen LogP contribution in [0.25, 0.3) is 10.4 Å². The second kappa shape index (κ2) is 4.99. The normalized spacial score (nSPS) is 29.9. The zero-order valence-corrected chi connectivity index (χ0v) is 5.77. The van der Waals surface area contributed by atoms with Gasteiger partial charge in [-0.2, -0.15) is 0 Å². The van der Waals surface area contributed by atoms with Crippen LogP contribution in [0.5, 0.6) is 0 Å². The van der Waals surface area contributed by atoms with Gasteiger partial charge >= 0.3 is 0 Å². The van der Waals surface area contributed by atoms with Crippen LogP contribution >= 0.6 is 0 Å². The van der Waals surface area contributed by atoms with Crippen LogP contribution in [0.2, 0.25) is 0 Å². The molecule has 1 rings (SSSR count). The van der Waals surface area contributed by atoms with E-state index in [0.29, 0.717) is 0 Å². The third-order valence-corrected chi connectivity index (χ3v) is 1.88. The molecule has 0 bridgehead atoms. The SMILES string of the molecule is C.[N-]=[N+]=NC1CCC(O)CC1. The molecule has 4 heteroatoms. The molecule has 1 N–H and O–H groups in total. The summed E-state index contributed by atoms with van der Waals surface area (Å²) in [5, 5.41) is 12.6. The predicted molar refractivity (Wildman–Crippen MR) is 44.1 cm³/mol. The standard InChI is InChI=1S/C6H11N3O.CH4/c7-9-8-5-1-3-6(10)4-2-5;/h5-6,10H,1-4H2;1H4. The Balaban J connectivity index is 0.000001000. The molecule has 1 saturated carbocycles. The third kappa shape index (κ3) is 3.25. The molecule has 0 unspecified atom stereocenters. The molecule has 1 aliphatic carbocycles. The van der Waals surface area contributed by atoms with Crippen molar-refractivity contribution in [1.29, 1.82) is 0 Å². The average Bonchev–Trinajstić information content (AvgIpc) is 1.95. The lowest BCUT2D eigenvalue weighted by molar-refractivity contribution is 0.123. The zero-order valence-electron chi connectivity index (χ0n) is 5.77. The van der Waals surface area contributed by atoms with Gasteiger partial charge in [0.1, 0.15) is 0 Å². The number of rotatable bonds is 1. The van der Waals surface area contributed by atoms with E-state index in [2.05, 4.69) is 10.0 Å². The van der Waals surface area contributed by atoms with Crippen LogP contribution in [0.15, 0.2) is 5.11 Å². The minimum Gasteiger partial charge on any atom is -0.393 e. The highest BCUT2D eigenvalue weighted by Gasteiger charge is 2.17. The summed E-state index contributed by atoms with van der Waals surface area (Å²) >= 11 is 0. The molecule has 0 aromatic heterocycles. The molecule has 0 spiro atoms. The Labute approximate surface area is 66.9 Å². The summed E-state index contributed by atoms with van der Waals surface area (Å²) in [6.45, 7) is 0. The molecule has 1 fully saturated rings. The van der Waals surface area contributed by atoms with Crippen molar-refractivity contribution in [2.45, 2.75) is 45.3 Å². The fourth-order valence-electron chi connectivity index (χ4n) is 1.25. The minimum atomic E-state index is -0.162. The van der Waals surface area contributed by atoms with Gasteiger partial charge in [-0.05, 0) is 31.2 Å². The summed E-state index contributed by atoms with van der Waals surface area (Å²) < 4.78 is 0. The fraction of sp³-hybridized carbons (Fsp3) is 1.00. The zero-order chi connectivity index (χ0) is 7.40. The van der Waals surface area contributed by atoms with Gasteiger partial charge in [-0.1, -0.05) is 12.5 Å². The van der Waals surface area contributed by atoms with Gasteiger partial charge in [-0.3, -0.25) is 0 Å². The van der Waals surface area contributed by atoms with Gasteiger partial charge in [0.25, 0.3) is 0 Å². The molecule has 4 nitrogen and oxygen atoms in total. The fourth-order valence-corrected chi connectivity index (χ4v) is 1.25. The summed E-state index contributed by atoms with van der Waals surface area (Å²) in [4.78, 5) is 2.73. The molecule has 0 radical (unpaired) electrons. The Morgan fingerprint density at radius 2 is 1.82 bits per heavy atom. The van der Waals surface area contributed by atoms with Gasteiger partial charge in [0.05, 0.1) is 6.10 Å². The summed E-state index contributed by atoms with van der Waals surface area (Å²) in [6, 6.07) is 0.133. The van der Waals surface area contributed by atoms with Crippen molar-refractivity contribution in [3.63, 3.8) is 0 Å². The van der Waals surface area contributed by atoms with Crippen LogP contribution in [0.1, 0.15) is 33.1 Å². The lowest BCUT2D eigenvalue weighted by Crippen LogP contribution is -2.19. The number of hydrogen-bond acceptors (Lipinski definition) is 2. The summed E-state index contributed by atoms with van der Waals surface area (Å²) in [6.07, 6.45) is 3.08. The molecule has 0 aliphatic heterocycles. The van der Waals surface area contributed by atoms with Crippen LogP contribution < -0.4 is 0 Å². The first-order chi connectivity index (χ1) is 4.83. The van der Waals surface area contributed by atoms with E-state index >= 15 is 0 Å². The first-order valence-corrected chi connectivity index (χ1v) is 3.55. The second-order valence-corrected chi connectivity index (χ2v) is 2.67. The van der Waals surface area contributed by atoms with Crippen molar-refractivity contribution in [2.24, 2.45) is 5.11 Å². The second-order valence-electron chi connectivity index (χ2n) is 2.67. The van der Waals surface area contributed by atoms with Gasteiger partial charge in [0.2, 0.25) is 0 Å². The van der Waals surface area contributed by atoms with Crippen molar-refractivity contribution in [2.75, 3.05) is 0 Å². The number of nitrogens with zero attached hydrogens (tertiary/aromatic N) is 3. The van der Waals surface area contributed by atoms with E-state index in [1.165, 1.54) is 0 Å². The average molecular weight is 157 g/mol. The maximum absolute atomic E-state index is 9.06. The Kier molecular flexibility index (Phi) is 4.66. The van der Waals surface area contributed by atoms with Gasteiger partial charge in [0.15, 0.2) is 0 Å². The van der Waals surface area contributed by atoms with Crippen LogP contribution in [0, 0.1) is 0 Å². The maximum atomic E-state index is 9.06. The first-order valence-electron chi connectivity index (χ1n) is 3.55. The van der Waals surface area contributed by atoms with E-state index in [-0.39, 0.29) is 19.6 Å². The van der Waals surface area contributed by atoms with E-state index in [9.17, 15) is 0 Å². The Hall–Kier alpha value is -0.730. The van der Waals surface area contributed by atoms with Crippen molar-refractivity contribution < 1.29 is 5.11 Å².